The molecule has 94 valence electrons. The molecule has 0 fully saturated rings. The highest BCUT2D eigenvalue weighted by Crippen LogP contribution is 2.25. The molecule has 0 unspecified atom stereocenters. The third-order valence-corrected chi connectivity index (χ3v) is 2.92. The van der Waals surface area contributed by atoms with E-state index >= 15 is 0 Å². The fourth-order valence-electron chi connectivity index (χ4n) is 1.93. The Morgan fingerprint density at radius 1 is 1.39 bits per heavy atom. The Balaban J connectivity index is 2.54. The van der Waals surface area contributed by atoms with Gasteiger partial charge in [0.15, 0.2) is 0 Å². The smallest absolute Gasteiger partial charge is 0.252 e. The van der Waals surface area contributed by atoms with E-state index in [2.05, 4.69) is 31.1 Å². The summed E-state index contributed by atoms with van der Waals surface area (Å²) in [5.41, 5.74) is 8.62. The molecule has 0 aliphatic carbocycles. The molecule has 0 saturated carbocycles. The van der Waals surface area contributed by atoms with Crippen molar-refractivity contribution in [3.8, 4) is 11.3 Å². The number of primary amides is 1. The number of benzene rings is 1. The molecular formula is C14H17N3O. The highest BCUT2D eigenvalue weighted by molar-refractivity contribution is 5.98. The summed E-state index contributed by atoms with van der Waals surface area (Å²) in [7, 11) is 1.78. The average Bonchev–Trinajstić information content (AvgIpc) is 2.72. The molecule has 2 aromatic rings. The van der Waals surface area contributed by atoms with Gasteiger partial charge in [0.1, 0.15) is 5.69 Å². The van der Waals surface area contributed by atoms with Gasteiger partial charge in [0, 0.05) is 18.8 Å². The second kappa shape index (κ2) is 4.64. The lowest BCUT2D eigenvalue weighted by atomic mass is 9.98. The van der Waals surface area contributed by atoms with E-state index in [9.17, 15) is 4.79 Å². The van der Waals surface area contributed by atoms with Crippen LogP contribution >= 0.6 is 0 Å². The largest absolute Gasteiger partial charge is 0.365 e. The van der Waals surface area contributed by atoms with Crippen LogP contribution in [-0.4, -0.2) is 15.7 Å². The van der Waals surface area contributed by atoms with Gasteiger partial charge in [0.05, 0.1) is 5.56 Å². The van der Waals surface area contributed by atoms with Crippen LogP contribution in [0.1, 0.15) is 35.7 Å². The summed E-state index contributed by atoms with van der Waals surface area (Å²) in [5, 5.41) is 4.32. The van der Waals surface area contributed by atoms with Gasteiger partial charge >= 0.3 is 0 Å². The van der Waals surface area contributed by atoms with Gasteiger partial charge in [-0.05, 0) is 17.5 Å². The number of aryl methyl sites for hydroxylation is 1. The molecule has 0 atom stereocenters. The molecule has 1 aromatic heterocycles. The van der Waals surface area contributed by atoms with Crippen molar-refractivity contribution in [1.82, 2.24) is 9.78 Å². The fourth-order valence-corrected chi connectivity index (χ4v) is 1.93. The highest BCUT2D eigenvalue weighted by atomic mass is 16.1. The van der Waals surface area contributed by atoms with E-state index in [1.165, 1.54) is 5.56 Å². The summed E-state index contributed by atoms with van der Waals surface area (Å²) in [4.78, 5) is 11.4. The van der Waals surface area contributed by atoms with E-state index in [-0.39, 0.29) is 0 Å². The van der Waals surface area contributed by atoms with Crippen LogP contribution in [-0.2, 0) is 7.05 Å². The molecule has 0 saturated heterocycles. The molecule has 0 bridgehead atoms. The normalized spacial score (nSPS) is 10.9. The first-order chi connectivity index (χ1) is 8.49. The summed E-state index contributed by atoms with van der Waals surface area (Å²) < 4.78 is 1.61. The number of hydrogen-bond donors (Lipinski definition) is 1. The first kappa shape index (κ1) is 12.4. The van der Waals surface area contributed by atoms with Crippen molar-refractivity contribution in [2.24, 2.45) is 12.8 Å². The fraction of sp³-hybridized carbons (Fsp3) is 0.286. The van der Waals surface area contributed by atoms with Crippen LogP contribution in [0.25, 0.3) is 11.3 Å². The minimum Gasteiger partial charge on any atom is -0.365 e. The lowest BCUT2D eigenvalue weighted by molar-refractivity contribution is 0.100. The van der Waals surface area contributed by atoms with E-state index < -0.39 is 5.91 Å². The molecule has 4 nitrogen and oxygen atoms in total. The number of carbonyl (C=O) groups is 1. The molecule has 2 rings (SSSR count). The van der Waals surface area contributed by atoms with E-state index in [0.29, 0.717) is 17.2 Å². The SMILES string of the molecule is CC(C)c1cccc(-c2nn(C)cc2C(N)=O)c1. The number of aromatic nitrogens is 2. The first-order valence-corrected chi connectivity index (χ1v) is 5.93. The number of carbonyl (C=O) groups excluding carboxylic acids is 1. The van der Waals surface area contributed by atoms with Gasteiger partial charge in [-0.1, -0.05) is 32.0 Å². The molecule has 1 aromatic carbocycles. The molecule has 1 amide bonds. The minimum atomic E-state index is -0.451. The van der Waals surface area contributed by atoms with Crippen molar-refractivity contribution in [3.05, 3.63) is 41.6 Å². The molecule has 2 N–H and O–H groups in total. The Morgan fingerprint density at radius 3 is 2.72 bits per heavy atom. The lowest BCUT2D eigenvalue weighted by Gasteiger charge is -2.07. The number of hydrogen-bond acceptors (Lipinski definition) is 2. The zero-order valence-corrected chi connectivity index (χ0v) is 10.8. The topological polar surface area (TPSA) is 60.9 Å². The molecule has 4 heteroatoms. The average molecular weight is 243 g/mol. The Labute approximate surface area is 106 Å². The van der Waals surface area contributed by atoms with Crippen LogP contribution in [0.5, 0.6) is 0 Å². The second-order valence-corrected chi connectivity index (χ2v) is 4.71. The molecule has 0 aliphatic heterocycles. The number of amides is 1. The second-order valence-electron chi connectivity index (χ2n) is 4.71. The molecular weight excluding hydrogens is 226 g/mol. The van der Waals surface area contributed by atoms with Crippen molar-refractivity contribution in [1.29, 1.82) is 0 Å². The van der Waals surface area contributed by atoms with E-state index in [1.54, 1.807) is 17.9 Å². The van der Waals surface area contributed by atoms with E-state index in [0.717, 1.165) is 5.56 Å². The maximum absolute atomic E-state index is 11.4. The van der Waals surface area contributed by atoms with Crippen LogP contribution in [0.4, 0.5) is 0 Å². The van der Waals surface area contributed by atoms with Gasteiger partial charge in [0.25, 0.3) is 5.91 Å². The van der Waals surface area contributed by atoms with Gasteiger partial charge in [-0.15, -0.1) is 0 Å². The Bertz CT molecular complexity index is 584. The molecule has 1 heterocycles. The number of nitrogens with zero attached hydrogens (tertiary/aromatic N) is 2. The predicted molar refractivity (Wildman–Crippen MR) is 71.3 cm³/mol. The van der Waals surface area contributed by atoms with Crippen molar-refractivity contribution in [2.75, 3.05) is 0 Å². The van der Waals surface area contributed by atoms with Crippen molar-refractivity contribution >= 4 is 5.91 Å². The van der Waals surface area contributed by atoms with Gasteiger partial charge in [0.2, 0.25) is 0 Å². The maximum Gasteiger partial charge on any atom is 0.252 e. The predicted octanol–water partition coefficient (Wildman–Crippen LogP) is 2.31. The monoisotopic (exact) mass is 243 g/mol. The summed E-state index contributed by atoms with van der Waals surface area (Å²) in [6.07, 6.45) is 1.65. The van der Waals surface area contributed by atoms with Crippen LogP contribution in [0, 0.1) is 0 Å². The minimum absolute atomic E-state index is 0.436. The standard InChI is InChI=1S/C14H17N3O/c1-9(2)10-5-4-6-11(7-10)13-12(14(15)18)8-17(3)16-13/h4-9H,1-3H3,(H2,15,18). The van der Waals surface area contributed by atoms with Gasteiger partial charge in [-0.25, -0.2) is 0 Å². The van der Waals surface area contributed by atoms with Crippen LogP contribution in [0.3, 0.4) is 0 Å². The zero-order chi connectivity index (χ0) is 13.3. The third-order valence-electron chi connectivity index (χ3n) is 2.92. The Kier molecular flexibility index (Phi) is 3.19. The quantitative estimate of drug-likeness (QED) is 0.899. The van der Waals surface area contributed by atoms with E-state index in [1.807, 2.05) is 12.1 Å². The molecule has 18 heavy (non-hydrogen) atoms. The van der Waals surface area contributed by atoms with Gasteiger partial charge in [-0.2, -0.15) is 5.10 Å². The van der Waals surface area contributed by atoms with Crippen LogP contribution < -0.4 is 5.73 Å². The van der Waals surface area contributed by atoms with E-state index in [4.69, 9.17) is 5.73 Å². The molecule has 0 aliphatic rings. The molecule has 0 radical (unpaired) electrons. The van der Waals surface area contributed by atoms with Crippen molar-refractivity contribution in [2.45, 2.75) is 19.8 Å². The Morgan fingerprint density at radius 2 is 2.11 bits per heavy atom. The Hall–Kier alpha value is -2.10. The van der Waals surface area contributed by atoms with Crippen molar-refractivity contribution < 1.29 is 4.79 Å². The van der Waals surface area contributed by atoms with Gasteiger partial charge in [-0.3, -0.25) is 9.48 Å². The molecule has 0 spiro atoms. The first-order valence-electron chi connectivity index (χ1n) is 5.93. The lowest BCUT2D eigenvalue weighted by Crippen LogP contribution is -2.11. The van der Waals surface area contributed by atoms with Crippen LogP contribution in [0.2, 0.25) is 0 Å². The third kappa shape index (κ3) is 2.27. The summed E-state index contributed by atoms with van der Waals surface area (Å²) in [6, 6.07) is 8.05. The number of rotatable bonds is 3. The zero-order valence-electron chi connectivity index (χ0n) is 10.8. The van der Waals surface area contributed by atoms with Crippen molar-refractivity contribution in [3.63, 3.8) is 0 Å². The van der Waals surface area contributed by atoms with Gasteiger partial charge < -0.3 is 5.73 Å². The number of nitrogens with two attached hydrogens (primary N) is 1. The van der Waals surface area contributed by atoms with Crippen LogP contribution in [0.15, 0.2) is 30.5 Å². The summed E-state index contributed by atoms with van der Waals surface area (Å²) in [6.45, 7) is 4.26. The summed E-state index contributed by atoms with van der Waals surface area (Å²) >= 11 is 0. The summed E-state index contributed by atoms with van der Waals surface area (Å²) in [5.74, 6) is -0.0151. The maximum atomic E-state index is 11.4. The highest BCUT2D eigenvalue weighted by Gasteiger charge is 2.15.